The largest absolute Gasteiger partial charge is 0.381 e. The maximum atomic E-state index is 13.5. The maximum Gasteiger partial charge on any atom is 0.128 e. The normalized spacial score (nSPS) is 10.3. The smallest absolute Gasteiger partial charge is 0.128 e. The van der Waals surface area contributed by atoms with Gasteiger partial charge in [0.1, 0.15) is 11.6 Å². The summed E-state index contributed by atoms with van der Waals surface area (Å²) < 4.78 is 26.5. The lowest BCUT2D eigenvalue weighted by Crippen LogP contribution is -2.09. The molecule has 0 fully saturated rings. The van der Waals surface area contributed by atoms with E-state index in [0.29, 0.717) is 5.56 Å². The molecule has 2 aromatic carbocycles. The van der Waals surface area contributed by atoms with Gasteiger partial charge in [0.2, 0.25) is 0 Å². The highest BCUT2D eigenvalue weighted by Gasteiger charge is 2.04. The molecule has 0 radical (unpaired) electrons. The molecule has 100 valence electrons. The van der Waals surface area contributed by atoms with E-state index in [2.05, 4.69) is 5.32 Å². The molecule has 0 aliphatic rings. The minimum absolute atomic E-state index is 0.250. The lowest BCUT2D eigenvalue weighted by molar-refractivity contribution is 0.587. The van der Waals surface area contributed by atoms with E-state index in [1.807, 2.05) is 43.3 Å². The van der Waals surface area contributed by atoms with Gasteiger partial charge in [0.15, 0.2) is 0 Å². The molecule has 0 aromatic heterocycles. The maximum absolute atomic E-state index is 13.5. The van der Waals surface area contributed by atoms with Crippen LogP contribution in [0.15, 0.2) is 42.5 Å². The fraction of sp³-hybridized carbons (Fsp3) is 0.200. The van der Waals surface area contributed by atoms with E-state index in [1.165, 1.54) is 6.07 Å². The van der Waals surface area contributed by atoms with Crippen LogP contribution in [0.2, 0.25) is 0 Å². The Morgan fingerprint density at radius 3 is 2.58 bits per heavy atom. The van der Waals surface area contributed by atoms with Crippen molar-refractivity contribution in [1.82, 2.24) is 0 Å². The predicted octanol–water partition coefficient (Wildman–Crippen LogP) is 3.64. The molecule has 0 unspecified atom stereocenters. The van der Waals surface area contributed by atoms with Gasteiger partial charge >= 0.3 is 0 Å². The summed E-state index contributed by atoms with van der Waals surface area (Å²) in [6.45, 7) is 0.250. The van der Waals surface area contributed by atoms with Gasteiger partial charge in [-0.1, -0.05) is 6.07 Å². The molecule has 0 heterocycles. The summed E-state index contributed by atoms with van der Waals surface area (Å²) in [6.07, 6.45) is 0. The summed E-state index contributed by atoms with van der Waals surface area (Å²) in [6, 6.07) is 11.2. The zero-order valence-electron chi connectivity index (χ0n) is 11.0. The van der Waals surface area contributed by atoms with Crippen LogP contribution < -0.4 is 10.2 Å². The Bertz CT molecular complexity index is 568. The molecule has 2 aromatic rings. The summed E-state index contributed by atoms with van der Waals surface area (Å²) in [5.74, 6) is -0.835. The summed E-state index contributed by atoms with van der Waals surface area (Å²) in [7, 11) is 3.90. The highest BCUT2D eigenvalue weighted by atomic mass is 19.1. The van der Waals surface area contributed by atoms with Gasteiger partial charge in [-0.3, -0.25) is 0 Å². The van der Waals surface area contributed by atoms with Crippen LogP contribution in [0.4, 0.5) is 20.2 Å². The van der Waals surface area contributed by atoms with Gasteiger partial charge in [-0.15, -0.1) is 0 Å². The molecule has 0 saturated heterocycles. The third-order valence-electron chi connectivity index (χ3n) is 2.85. The number of anilines is 2. The summed E-state index contributed by atoms with van der Waals surface area (Å²) in [4.78, 5) is 1.98. The van der Waals surface area contributed by atoms with Crippen LogP contribution in [0.25, 0.3) is 0 Å². The second-order valence-electron chi connectivity index (χ2n) is 4.53. The first-order chi connectivity index (χ1) is 9.06. The molecule has 0 saturated carbocycles. The average Bonchev–Trinajstić information content (AvgIpc) is 2.40. The molecule has 4 heteroatoms. The van der Waals surface area contributed by atoms with Crippen LogP contribution in [0.3, 0.4) is 0 Å². The van der Waals surface area contributed by atoms with Crippen molar-refractivity contribution in [1.29, 1.82) is 0 Å². The number of nitrogens with one attached hydrogen (secondary N) is 1. The Morgan fingerprint density at radius 2 is 1.84 bits per heavy atom. The van der Waals surface area contributed by atoms with Gasteiger partial charge < -0.3 is 10.2 Å². The van der Waals surface area contributed by atoms with E-state index in [1.54, 1.807) is 0 Å². The van der Waals surface area contributed by atoms with Crippen molar-refractivity contribution >= 4 is 11.4 Å². The first-order valence-corrected chi connectivity index (χ1v) is 6.01. The Kier molecular flexibility index (Phi) is 4.00. The first-order valence-electron chi connectivity index (χ1n) is 6.01. The lowest BCUT2D eigenvalue weighted by atomic mass is 10.2. The second kappa shape index (κ2) is 5.69. The van der Waals surface area contributed by atoms with Crippen LogP contribution in [-0.4, -0.2) is 14.1 Å². The Morgan fingerprint density at radius 1 is 1.05 bits per heavy atom. The standard InChI is InChI=1S/C15H16F2N2/c1-19(2)14-5-3-4-13(9-14)18-10-11-8-12(16)6-7-15(11)17/h3-9,18H,10H2,1-2H3. The van der Waals surface area contributed by atoms with Gasteiger partial charge in [-0.2, -0.15) is 0 Å². The van der Waals surface area contributed by atoms with E-state index in [4.69, 9.17) is 0 Å². The van der Waals surface area contributed by atoms with Crippen molar-refractivity contribution < 1.29 is 8.78 Å². The molecule has 0 aliphatic heterocycles. The van der Waals surface area contributed by atoms with Gasteiger partial charge in [0.25, 0.3) is 0 Å². The third-order valence-corrected chi connectivity index (χ3v) is 2.85. The van der Waals surface area contributed by atoms with Crippen LogP contribution in [0.1, 0.15) is 5.56 Å². The highest BCUT2D eigenvalue weighted by Crippen LogP contribution is 2.18. The molecule has 0 atom stereocenters. The van der Waals surface area contributed by atoms with E-state index < -0.39 is 11.6 Å². The lowest BCUT2D eigenvalue weighted by Gasteiger charge is -2.14. The van der Waals surface area contributed by atoms with Gasteiger partial charge in [-0.05, 0) is 36.4 Å². The monoisotopic (exact) mass is 262 g/mol. The number of nitrogens with zero attached hydrogens (tertiary/aromatic N) is 1. The van der Waals surface area contributed by atoms with E-state index in [0.717, 1.165) is 23.5 Å². The minimum Gasteiger partial charge on any atom is -0.381 e. The number of rotatable bonds is 4. The van der Waals surface area contributed by atoms with Crippen molar-refractivity contribution in [3.8, 4) is 0 Å². The third kappa shape index (κ3) is 3.44. The van der Waals surface area contributed by atoms with Crippen LogP contribution in [0, 0.1) is 11.6 Å². The number of halogens is 2. The van der Waals surface area contributed by atoms with Gasteiger partial charge in [-0.25, -0.2) is 8.78 Å². The topological polar surface area (TPSA) is 15.3 Å². The van der Waals surface area contributed by atoms with Crippen molar-refractivity contribution in [3.05, 3.63) is 59.7 Å². The van der Waals surface area contributed by atoms with E-state index >= 15 is 0 Å². The van der Waals surface area contributed by atoms with Crippen molar-refractivity contribution in [3.63, 3.8) is 0 Å². The summed E-state index contributed by atoms with van der Waals surface area (Å²) in [5, 5.41) is 3.09. The Labute approximate surface area is 111 Å². The molecular weight excluding hydrogens is 246 g/mol. The number of hydrogen-bond donors (Lipinski definition) is 1. The highest BCUT2D eigenvalue weighted by molar-refractivity contribution is 5.57. The van der Waals surface area contributed by atoms with Crippen LogP contribution >= 0.6 is 0 Å². The van der Waals surface area contributed by atoms with E-state index in [-0.39, 0.29) is 6.54 Å². The van der Waals surface area contributed by atoms with E-state index in [9.17, 15) is 8.78 Å². The first kappa shape index (κ1) is 13.3. The molecule has 0 aliphatic carbocycles. The van der Waals surface area contributed by atoms with Gasteiger partial charge in [0, 0.05) is 37.6 Å². The van der Waals surface area contributed by atoms with Crippen LogP contribution in [-0.2, 0) is 6.54 Å². The fourth-order valence-corrected chi connectivity index (χ4v) is 1.77. The number of hydrogen-bond acceptors (Lipinski definition) is 2. The predicted molar refractivity (Wildman–Crippen MR) is 74.5 cm³/mol. The molecule has 2 nitrogen and oxygen atoms in total. The number of benzene rings is 2. The summed E-state index contributed by atoms with van der Waals surface area (Å²) in [5.41, 5.74) is 2.23. The minimum atomic E-state index is -0.430. The molecule has 2 rings (SSSR count). The molecule has 1 N–H and O–H groups in total. The molecule has 0 bridgehead atoms. The van der Waals surface area contributed by atoms with Crippen molar-refractivity contribution in [2.45, 2.75) is 6.54 Å². The van der Waals surface area contributed by atoms with Crippen molar-refractivity contribution in [2.75, 3.05) is 24.3 Å². The average molecular weight is 262 g/mol. The molecular formula is C15H16F2N2. The zero-order chi connectivity index (χ0) is 13.8. The quantitative estimate of drug-likeness (QED) is 0.905. The van der Waals surface area contributed by atoms with Crippen molar-refractivity contribution in [2.24, 2.45) is 0 Å². The van der Waals surface area contributed by atoms with Gasteiger partial charge in [0.05, 0.1) is 0 Å². The summed E-state index contributed by atoms with van der Waals surface area (Å²) >= 11 is 0. The fourth-order valence-electron chi connectivity index (χ4n) is 1.77. The Balaban J connectivity index is 2.10. The Hall–Kier alpha value is -2.10. The molecule has 0 amide bonds. The SMILES string of the molecule is CN(C)c1cccc(NCc2cc(F)ccc2F)c1. The molecule has 0 spiro atoms. The molecule has 19 heavy (non-hydrogen) atoms. The second-order valence-corrected chi connectivity index (χ2v) is 4.53. The zero-order valence-corrected chi connectivity index (χ0v) is 11.0. The van der Waals surface area contributed by atoms with Crippen LogP contribution in [0.5, 0.6) is 0 Å².